The van der Waals surface area contributed by atoms with Gasteiger partial charge in [-0.15, -0.1) is 0 Å². The van der Waals surface area contributed by atoms with Gasteiger partial charge >= 0.3 is 5.97 Å². The van der Waals surface area contributed by atoms with Gasteiger partial charge in [-0.2, -0.15) is 0 Å². The quantitative estimate of drug-likeness (QED) is 0.873. The zero-order valence-electron chi connectivity index (χ0n) is 10.1. The lowest BCUT2D eigenvalue weighted by molar-refractivity contribution is 0.0691. The monoisotopic (exact) mass is 358 g/mol. The van der Waals surface area contributed by atoms with E-state index in [1.54, 1.807) is 12.1 Å². The Morgan fingerprint density at radius 3 is 2.80 bits per heavy atom. The lowest BCUT2D eigenvalue weighted by Crippen LogP contribution is -2.04. The van der Waals surface area contributed by atoms with Crippen LogP contribution in [0.2, 0.25) is 5.02 Å². The topological polar surface area (TPSA) is 46.5 Å². The van der Waals surface area contributed by atoms with Gasteiger partial charge in [0.1, 0.15) is 23.7 Å². The van der Waals surface area contributed by atoms with Crippen molar-refractivity contribution in [1.82, 2.24) is 0 Å². The third kappa shape index (κ3) is 3.29. The van der Waals surface area contributed by atoms with Gasteiger partial charge in [0.05, 0.1) is 5.02 Å². The van der Waals surface area contributed by atoms with Crippen molar-refractivity contribution in [2.24, 2.45) is 0 Å². The van der Waals surface area contributed by atoms with Crippen molar-refractivity contribution < 1.29 is 19.0 Å². The molecule has 0 aromatic heterocycles. The summed E-state index contributed by atoms with van der Waals surface area (Å²) in [5.41, 5.74) is 0.476. The summed E-state index contributed by atoms with van der Waals surface area (Å²) >= 11 is 9.05. The van der Waals surface area contributed by atoms with E-state index in [2.05, 4.69) is 15.9 Å². The fourth-order valence-electron chi connectivity index (χ4n) is 1.61. The van der Waals surface area contributed by atoms with Crippen LogP contribution in [0.15, 0.2) is 40.9 Å². The Morgan fingerprint density at radius 2 is 2.10 bits per heavy atom. The number of hydrogen-bond acceptors (Lipinski definition) is 2. The van der Waals surface area contributed by atoms with Crippen LogP contribution in [0.4, 0.5) is 4.39 Å². The fourth-order valence-corrected chi connectivity index (χ4v) is 2.13. The molecular formula is C14H9BrClFO3. The third-order valence-corrected chi connectivity index (χ3v) is 3.51. The first-order chi connectivity index (χ1) is 9.49. The van der Waals surface area contributed by atoms with Crippen LogP contribution in [-0.2, 0) is 6.61 Å². The van der Waals surface area contributed by atoms with Crippen LogP contribution >= 0.6 is 27.5 Å². The van der Waals surface area contributed by atoms with Gasteiger partial charge in [0.25, 0.3) is 0 Å². The molecule has 0 aliphatic carbocycles. The number of aromatic carboxylic acids is 1. The van der Waals surface area contributed by atoms with Gasteiger partial charge in [-0.3, -0.25) is 0 Å². The van der Waals surface area contributed by atoms with Crippen LogP contribution in [0.3, 0.4) is 0 Å². The number of carbonyl (C=O) groups is 1. The molecule has 0 spiro atoms. The van der Waals surface area contributed by atoms with Crippen molar-refractivity contribution >= 4 is 33.5 Å². The molecule has 1 N–H and O–H groups in total. The number of ether oxygens (including phenoxy) is 1. The van der Waals surface area contributed by atoms with Crippen LogP contribution in [0.25, 0.3) is 0 Å². The van der Waals surface area contributed by atoms with E-state index in [9.17, 15) is 9.18 Å². The predicted molar refractivity (Wildman–Crippen MR) is 76.8 cm³/mol. The Balaban J connectivity index is 2.24. The Hall–Kier alpha value is -1.59. The van der Waals surface area contributed by atoms with E-state index < -0.39 is 11.8 Å². The van der Waals surface area contributed by atoms with Crippen LogP contribution in [0.5, 0.6) is 5.75 Å². The molecule has 0 atom stereocenters. The van der Waals surface area contributed by atoms with Crippen LogP contribution in [0, 0.1) is 5.82 Å². The van der Waals surface area contributed by atoms with Crippen molar-refractivity contribution in [2.75, 3.05) is 0 Å². The highest BCUT2D eigenvalue weighted by atomic mass is 79.9. The van der Waals surface area contributed by atoms with E-state index in [4.69, 9.17) is 21.4 Å². The van der Waals surface area contributed by atoms with Crippen molar-refractivity contribution in [3.8, 4) is 5.75 Å². The lowest BCUT2D eigenvalue weighted by atomic mass is 10.2. The Morgan fingerprint density at radius 1 is 1.35 bits per heavy atom. The van der Waals surface area contributed by atoms with Crippen LogP contribution in [-0.4, -0.2) is 11.1 Å². The minimum absolute atomic E-state index is 0.0205. The van der Waals surface area contributed by atoms with Gasteiger partial charge < -0.3 is 9.84 Å². The Bertz CT molecular complexity index is 661. The summed E-state index contributed by atoms with van der Waals surface area (Å²) in [5, 5.41) is 9.04. The van der Waals surface area contributed by atoms with Crippen molar-refractivity contribution in [3.63, 3.8) is 0 Å². The predicted octanol–water partition coefficient (Wildman–Crippen LogP) is 4.52. The fraction of sp³-hybridized carbons (Fsp3) is 0.0714. The maximum Gasteiger partial charge on any atom is 0.339 e. The largest absolute Gasteiger partial charge is 0.488 e. The van der Waals surface area contributed by atoms with Gasteiger partial charge in [-0.05, 0) is 24.3 Å². The molecular weight excluding hydrogens is 351 g/mol. The van der Waals surface area contributed by atoms with Gasteiger partial charge in [0.15, 0.2) is 0 Å². The summed E-state index contributed by atoms with van der Waals surface area (Å²) in [7, 11) is 0. The van der Waals surface area contributed by atoms with Crippen LogP contribution in [0.1, 0.15) is 15.9 Å². The summed E-state index contributed by atoms with van der Waals surface area (Å²) in [6.45, 7) is -0.0205. The second-order valence-electron chi connectivity index (χ2n) is 3.95. The average molecular weight is 360 g/mol. The van der Waals surface area contributed by atoms with Gasteiger partial charge in [0, 0.05) is 10.0 Å². The molecule has 0 bridgehead atoms. The summed E-state index contributed by atoms with van der Waals surface area (Å²) < 4.78 is 19.4. The number of halogens is 3. The standard InChI is InChI=1S/C14H9BrClFO3/c15-9-4-5-10(14(18)19)12(6-9)20-7-8-2-1-3-11(17)13(8)16/h1-6H,7H2,(H,18,19). The van der Waals surface area contributed by atoms with Crippen molar-refractivity contribution in [1.29, 1.82) is 0 Å². The van der Waals surface area contributed by atoms with E-state index in [1.165, 1.54) is 24.3 Å². The molecule has 6 heteroatoms. The average Bonchev–Trinajstić information content (AvgIpc) is 2.40. The molecule has 0 amide bonds. The lowest BCUT2D eigenvalue weighted by Gasteiger charge is -2.11. The smallest absolute Gasteiger partial charge is 0.339 e. The number of rotatable bonds is 4. The minimum atomic E-state index is -1.10. The molecule has 0 radical (unpaired) electrons. The normalized spacial score (nSPS) is 10.3. The van der Waals surface area contributed by atoms with Gasteiger partial charge in [-0.25, -0.2) is 9.18 Å². The highest BCUT2D eigenvalue weighted by Gasteiger charge is 2.13. The zero-order chi connectivity index (χ0) is 14.7. The van der Waals surface area contributed by atoms with Crippen molar-refractivity contribution in [2.45, 2.75) is 6.61 Å². The Kier molecular flexibility index (Phi) is 4.62. The highest BCUT2D eigenvalue weighted by molar-refractivity contribution is 9.10. The molecule has 0 fully saturated rings. The maximum absolute atomic E-state index is 13.3. The van der Waals surface area contributed by atoms with Gasteiger partial charge in [0.2, 0.25) is 0 Å². The third-order valence-electron chi connectivity index (χ3n) is 2.59. The number of carboxylic acids is 1. The molecule has 104 valence electrons. The molecule has 2 aromatic carbocycles. The Labute approximate surface area is 128 Å². The molecule has 0 aliphatic rings. The number of carboxylic acid groups (broad SMARTS) is 1. The number of benzene rings is 2. The van der Waals surface area contributed by atoms with E-state index in [0.717, 1.165) is 0 Å². The maximum atomic E-state index is 13.3. The van der Waals surface area contributed by atoms with E-state index in [0.29, 0.717) is 10.0 Å². The SMILES string of the molecule is O=C(O)c1ccc(Br)cc1OCc1cccc(F)c1Cl. The molecule has 20 heavy (non-hydrogen) atoms. The highest BCUT2D eigenvalue weighted by Crippen LogP contribution is 2.26. The molecule has 0 unspecified atom stereocenters. The number of hydrogen-bond donors (Lipinski definition) is 1. The summed E-state index contributed by atoms with van der Waals surface area (Å²) in [4.78, 5) is 11.1. The minimum Gasteiger partial charge on any atom is -0.488 e. The molecule has 0 saturated heterocycles. The summed E-state index contributed by atoms with van der Waals surface area (Å²) in [6, 6.07) is 8.94. The molecule has 3 nitrogen and oxygen atoms in total. The second-order valence-corrected chi connectivity index (χ2v) is 5.24. The van der Waals surface area contributed by atoms with Crippen LogP contribution < -0.4 is 4.74 Å². The van der Waals surface area contributed by atoms with Gasteiger partial charge in [-0.1, -0.05) is 39.7 Å². The first kappa shape index (κ1) is 14.8. The van der Waals surface area contributed by atoms with Crippen molar-refractivity contribution in [3.05, 3.63) is 62.8 Å². The van der Waals surface area contributed by atoms with E-state index in [1.807, 2.05) is 0 Å². The second kappa shape index (κ2) is 6.24. The molecule has 2 aromatic rings. The molecule has 2 rings (SSSR count). The summed E-state index contributed by atoms with van der Waals surface area (Å²) in [6.07, 6.45) is 0. The molecule has 0 aliphatic heterocycles. The molecule has 0 saturated carbocycles. The first-order valence-electron chi connectivity index (χ1n) is 5.57. The summed E-state index contributed by atoms with van der Waals surface area (Å²) in [5.74, 6) is -1.45. The van der Waals surface area contributed by atoms with E-state index in [-0.39, 0.29) is 22.9 Å². The first-order valence-corrected chi connectivity index (χ1v) is 6.74. The zero-order valence-corrected chi connectivity index (χ0v) is 12.4. The molecule has 0 heterocycles. The van der Waals surface area contributed by atoms with E-state index >= 15 is 0 Å².